The molecule has 8 heteroatoms. The maximum Gasteiger partial charge on any atom is 0.272 e. The van der Waals surface area contributed by atoms with Gasteiger partial charge >= 0.3 is 0 Å². The molecular formula is C17H16N4O3S. The fraction of sp³-hybridized carbons (Fsp3) is 0.235. The number of nitrogens with one attached hydrogen (secondary N) is 1. The van der Waals surface area contributed by atoms with Crippen LogP contribution < -0.4 is 5.32 Å². The minimum atomic E-state index is -0.459. The fourth-order valence-electron chi connectivity index (χ4n) is 2.51. The van der Waals surface area contributed by atoms with Crippen molar-refractivity contribution in [1.82, 2.24) is 5.32 Å². The van der Waals surface area contributed by atoms with Crippen molar-refractivity contribution in [3.05, 3.63) is 64.2 Å². The molecule has 0 radical (unpaired) electrons. The lowest BCUT2D eigenvalue weighted by atomic mass is 10.0. The van der Waals surface area contributed by atoms with Gasteiger partial charge in [0, 0.05) is 24.0 Å². The van der Waals surface area contributed by atoms with Gasteiger partial charge in [-0.3, -0.25) is 14.9 Å². The molecule has 2 aliphatic rings. The minimum Gasteiger partial charge on any atom is -0.303 e. The highest BCUT2D eigenvalue weighted by molar-refractivity contribution is 8.15. The van der Waals surface area contributed by atoms with E-state index in [1.54, 1.807) is 18.2 Å². The number of thioether (sulfide) groups is 1. The molecule has 0 spiro atoms. The van der Waals surface area contributed by atoms with E-state index < -0.39 is 10.2 Å². The second-order valence-corrected chi connectivity index (χ2v) is 6.84. The van der Waals surface area contributed by atoms with Gasteiger partial charge in [0.05, 0.1) is 15.9 Å². The van der Waals surface area contributed by atoms with Gasteiger partial charge in [-0.25, -0.2) is 0 Å². The summed E-state index contributed by atoms with van der Waals surface area (Å²) in [5.41, 5.74) is 1.36. The third-order valence-corrected chi connectivity index (χ3v) is 4.94. The Morgan fingerprint density at radius 3 is 2.84 bits per heavy atom. The molecule has 1 heterocycles. The Hall–Kier alpha value is -2.74. The largest absolute Gasteiger partial charge is 0.303 e. The van der Waals surface area contributed by atoms with Gasteiger partial charge in [0.15, 0.2) is 5.17 Å². The smallest absolute Gasteiger partial charge is 0.272 e. The van der Waals surface area contributed by atoms with Crippen LogP contribution in [-0.2, 0) is 11.2 Å². The number of rotatable bonds is 4. The Morgan fingerprint density at radius 2 is 2.08 bits per heavy atom. The molecule has 1 aliphatic heterocycles. The maximum atomic E-state index is 12.1. The normalized spacial score (nSPS) is 25.6. The standard InChI is InChI=1S/C17H16N4O3S/c1-11-6-2-4-8-13(11)19-20-17-18-16(22)15(25-17)10-12-7-3-5-9-14(12)21(23)24/h2-9,11,15H,10H2,1H3,(H,18,20,22)/b19-13+/t11-,15-/m1/s1. The highest BCUT2D eigenvalue weighted by atomic mass is 32.2. The number of para-hydroxylation sites is 1. The minimum absolute atomic E-state index is 0.0227. The van der Waals surface area contributed by atoms with E-state index in [1.807, 2.05) is 31.2 Å². The molecule has 3 rings (SSSR count). The van der Waals surface area contributed by atoms with E-state index in [4.69, 9.17) is 0 Å². The zero-order chi connectivity index (χ0) is 17.8. The quantitative estimate of drug-likeness (QED) is 0.662. The van der Waals surface area contributed by atoms with Crippen molar-refractivity contribution in [1.29, 1.82) is 0 Å². The van der Waals surface area contributed by atoms with Gasteiger partial charge in [-0.2, -0.15) is 5.10 Å². The summed E-state index contributed by atoms with van der Waals surface area (Å²) in [6, 6.07) is 6.45. The molecule has 0 aromatic heterocycles. The number of nitro benzene ring substituents is 1. The van der Waals surface area contributed by atoms with E-state index in [1.165, 1.54) is 17.8 Å². The van der Waals surface area contributed by atoms with Crippen LogP contribution in [-0.4, -0.2) is 27.0 Å². The number of amidine groups is 1. The third-order valence-electron chi connectivity index (χ3n) is 3.87. The van der Waals surface area contributed by atoms with E-state index in [-0.39, 0.29) is 23.9 Å². The molecule has 1 aromatic carbocycles. The van der Waals surface area contributed by atoms with E-state index >= 15 is 0 Å². The van der Waals surface area contributed by atoms with Crippen molar-refractivity contribution in [3.8, 4) is 0 Å². The van der Waals surface area contributed by atoms with Crippen LogP contribution in [0.25, 0.3) is 0 Å². The maximum absolute atomic E-state index is 12.1. The van der Waals surface area contributed by atoms with Crippen molar-refractivity contribution >= 4 is 34.2 Å². The summed E-state index contributed by atoms with van der Waals surface area (Å²) < 4.78 is 0. The number of benzene rings is 1. The van der Waals surface area contributed by atoms with Crippen LogP contribution in [0.1, 0.15) is 12.5 Å². The number of carbonyl (C=O) groups excluding carboxylic acids is 1. The first kappa shape index (κ1) is 17.1. The lowest BCUT2D eigenvalue weighted by Crippen LogP contribution is -2.26. The van der Waals surface area contributed by atoms with Gasteiger partial charge in [-0.1, -0.05) is 55.1 Å². The Labute approximate surface area is 148 Å². The van der Waals surface area contributed by atoms with Crippen LogP contribution in [0.2, 0.25) is 0 Å². The number of carbonyl (C=O) groups is 1. The third kappa shape index (κ3) is 4.03. The van der Waals surface area contributed by atoms with E-state index in [0.717, 1.165) is 5.71 Å². The number of hydrogen-bond donors (Lipinski definition) is 1. The number of nitro groups is 1. The molecule has 2 atom stereocenters. The van der Waals surface area contributed by atoms with Crippen LogP contribution >= 0.6 is 11.8 Å². The van der Waals surface area contributed by atoms with Gasteiger partial charge in [-0.15, -0.1) is 5.10 Å². The van der Waals surface area contributed by atoms with Gasteiger partial charge < -0.3 is 5.32 Å². The molecular weight excluding hydrogens is 340 g/mol. The van der Waals surface area contributed by atoms with Gasteiger partial charge in [-0.05, 0) is 6.08 Å². The molecule has 1 aromatic rings. The zero-order valence-electron chi connectivity index (χ0n) is 13.5. The second-order valence-electron chi connectivity index (χ2n) is 5.65. The first-order valence-corrected chi connectivity index (χ1v) is 8.63. The van der Waals surface area contributed by atoms with Crippen molar-refractivity contribution in [3.63, 3.8) is 0 Å². The summed E-state index contributed by atoms with van der Waals surface area (Å²) in [6.07, 6.45) is 7.99. The predicted octanol–water partition coefficient (Wildman–Crippen LogP) is 2.84. The Balaban J connectivity index is 1.72. The van der Waals surface area contributed by atoms with Gasteiger partial charge in [0.2, 0.25) is 5.91 Å². The monoisotopic (exact) mass is 356 g/mol. The van der Waals surface area contributed by atoms with Crippen LogP contribution in [0.15, 0.2) is 58.8 Å². The highest BCUT2D eigenvalue weighted by Crippen LogP contribution is 2.27. The number of allylic oxidation sites excluding steroid dienone is 4. The van der Waals surface area contributed by atoms with Crippen LogP contribution in [0, 0.1) is 16.0 Å². The summed E-state index contributed by atoms with van der Waals surface area (Å²) in [5, 5.41) is 22.0. The average Bonchev–Trinajstić information content (AvgIpc) is 2.94. The van der Waals surface area contributed by atoms with Crippen molar-refractivity contribution in [2.75, 3.05) is 0 Å². The first-order chi connectivity index (χ1) is 12.0. The second kappa shape index (κ2) is 7.43. The van der Waals surface area contributed by atoms with Crippen LogP contribution in [0.5, 0.6) is 0 Å². The summed E-state index contributed by atoms with van der Waals surface area (Å²) in [4.78, 5) is 22.8. The summed E-state index contributed by atoms with van der Waals surface area (Å²) in [7, 11) is 0. The molecule has 1 saturated heterocycles. The molecule has 0 unspecified atom stereocenters. The lowest BCUT2D eigenvalue weighted by molar-refractivity contribution is -0.385. The van der Waals surface area contributed by atoms with Crippen molar-refractivity contribution in [2.45, 2.75) is 18.6 Å². The zero-order valence-corrected chi connectivity index (χ0v) is 14.3. The molecule has 7 nitrogen and oxygen atoms in total. The Morgan fingerprint density at radius 1 is 1.28 bits per heavy atom. The molecule has 1 fully saturated rings. The average molecular weight is 356 g/mol. The summed E-state index contributed by atoms with van der Waals surface area (Å²) in [5.74, 6) is -0.0477. The fourth-order valence-corrected chi connectivity index (χ4v) is 3.46. The highest BCUT2D eigenvalue weighted by Gasteiger charge is 2.32. The number of nitrogens with zero attached hydrogens (tertiary/aromatic N) is 3. The molecule has 1 N–H and O–H groups in total. The Kier molecular flexibility index (Phi) is 5.08. The lowest BCUT2D eigenvalue weighted by Gasteiger charge is -2.07. The predicted molar refractivity (Wildman–Crippen MR) is 98.6 cm³/mol. The topological polar surface area (TPSA) is 97.0 Å². The van der Waals surface area contributed by atoms with Crippen molar-refractivity contribution < 1.29 is 9.72 Å². The molecule has 128 valence electrons. The van der Waals surface area contributed by atoms with E-state index in [2.05, 4.69) is 15.5 Å². The van der Waals surface area contributed by atoms with Crippen LogP contribution in [0.3, 0.4) is 0 Å². The van der Waals surface area contributed by atoms with Crippen LogP contribution in [0.4, 0.5) is 5.69 Å². The van der Waals surface area contributed by atoms with Gasteiger partial charge in [0.25, 0.3) is 5.69 Å². The van der Waals surface area contributed by atoms with E-state index in [9.17, 15) is 14.9 Å². The summed E-state index contributed by atoms with van der Waals surface area (Å²) in [6.45, 7) is 2.01. The molecule has 1 aliphatic carbocycles. The first-order valence-electron chi connectivity index (χ1n) is 7.75. The SMILES string of the molecule is C[C@@H]1C=CC=C/C1=N\N=C1NC(=O)[C@@H](Cc2ccccc2[N+](=O)[O-])S1. The van der Waals surface area contributed by atoms with Gasteiger partial charge in [0.1, 0.15) is 0 Å². The molecule has 1 amide bonds. The molecule has 25 heavy (non-hydrogen) atoms. The van der Waals surface area contributed by atoms with Crippen molar-refractivity contribution in [2.24, 2.45) is 16.1 Å². The molecule has 0 saturated carbocycles. The molecule has 0 bridgehead atoms. The van der Waals surface area contributed by atoms with E-state index in [0.29, 0.717) is 10.7 Å². The summed E-state index contributed by atoms with van der Waals surface area (Å²) >= 11 is 1.24. The number of amides is 1. The number of hydrogen-bond acceptors (Lipinski definition) is 6. The Bertz CT molecular complexity index is 829.